The number of likely N-dealkylation sites (N-methyl/N-ethyl adjacent to an activating group) is 1. The molecule has 1 atom stereocenters. The molecule has 1 fully saturated rings. The molecule has 3 rings (SSSR count). The van der Waals surface area contributed by atoms with Crippen LogP contribution in [0.4, 0.5) is 5.69 Å². The number of aromatic nitrogens is 2. The number of amides is 2. The van der Waals surface area contributed by atoms with Gasteiger partial charge >= 0.3 is 0 Å². The van der Waals surface area contributed by atoms with Crippen molar-refractivity contribution in [3.05, 3.63) is 42.4 Å². The summed E-state index contributed by atoms with van der Waals surface area (Å²) in [6.07, 6.45) is 5.31. The number of nitrogens with one attached hydrogen (secondary N) is 1. The van der Waals surface area contributed by atoms with Crippen LogP contribution in [-0.2, 0) is 9.59 Å². The zero-order valence-corrected chi connectivity index (χ0v) is 16.7. The molecule has 1 unspecified atom stereocenters. The van der Waals surface area contributed by atoms with Gasteiger partial charge in [0.05, 0.1) is 17.9 Å². The highest BCUT2D eigenvalue weighted by molar-refractivity contribution is 5.89. The molecule has 0 aliphatic carbocycles. The highest BCUT2D eigenvalue weighted by atomic mass is 16.2. The first kappa shape index (κ1) is 19.9. The van der Waals surface area contributed by atoms with Crippen molar-refractivity contribution >= 4 is 17.5 Å². The Morgan fingerprint density at radius 3 is 2.79 bits per heavy atom. The summed E-state index contributed by atoms with van der Waals surface area (Å²) in [5.41, 5.74) is 3.35. The Morgan fingerprint density at radius 1 is 1.25 bits per heavy atom. The number of nitrogens with zero attached hydrogens (tertiary/aromatic N) is 4. The van der Waals surface area contributed by atoms with Gasteiger partial charge in [0, 0.05) is 49.6 Å². The van der Waals surface area contributed by atoms with Crippen molar-refractivity contribution in [2.45, 2.75) is 25.7 Å². The van der Waals surface area contributed by atoms with Gasteiger partial charge in [0.25, 0.3) is 0 Å². The Bertz CT molecular complexity index is 852. The first-order valence-electron chi connectivity index (χ1n) is 9.55. The summed E-state index contributed by atoms with van der Waals surface area (Å²) in [6.45, 7) is 3.35. The standard InChI is InChI=1S/C21H27N5O2/c1-15(27)24-18-8-4-6-16(12-18)20-21(23-10-9-22-20)17-7-5-11-26(13-17)19(28)14-25(2)3/h4,6,8-10,12,17H,5,7,11,13-14H2,1-3H3,(H,24,27). The van der Waals surface area contributed by atoms with Crippen molar-refractivity contribution in [3.63, 3.8) is 0 Å². The number of piperidine rings is 1. The predicted molar refractivity (Wildman–Crippen MR) is 109 cm³/mol. The van der Waals surface area contributed by atoms with Gasteiger partial charge in [0.2, 0.25) is 11.8 Å². The third kappa shape index (κ3) is 4.92. The van der Waals surface area contributed by atoms with Gasteiger partial charge in [-0.25, -0.2) is 0 Å². The molecule has 148 valence electrons. The van der Waals surface area contributed by atoms with Gasteiger partial charge < -0.3 is 15.1 Å². The molecule has 28 heavy (non-hydrogen) atoms. The van der Waals surface area contributed by atoms with Crippen LogP contribution in [0.3, 0.4) is 0 Å². The minimum atomic E-state index is -0.112. The Morgan fingerprint density at radius 2 is 2.04 bits per heavy atom. The SMILES string of the molecule is CC(=O)Nc1cccc(-c2nccnc2C2CCCN(C(=O)CN(C)C)C2)c1. The van der Waals surface area contributed by atoms with Gasteiger partial charge in [0.15, 0.2) is 0 Å². The molecule has 1 aromatic heterocycles. The molecule has 7 nitrogen and oxygen atoms in total. The van der Waals surface area contributed by atoms with E-state index in [0.717, 1.165) is 42.0 Å². The average Bonchev–Trinajstić information content (AvgIpc) is 2.67. The molecule has 1 N–H and O–H groups in total. The van der Waals surface area contributed by atoms with E-state index in [9.17, 15) is 9.59 Å². The van der Waals surface area contributed by atoms with Gasteiger partial charge in [-0.1, -0.05) is 12.1 Å². The number of likely N-dealkylation sites (tertiary alicyclic amines) is 1. The van der Waals surface area contributed by atoms with Crippen molar-refractivity contribution in [3.8, 4) is 11.3 Å². The Labute approximate surface area is 165 Å². The lowest BCUT2D eigenvalue weighted by Crippen LogP contribution is -2.43. The predicted octanol–water partition coefficient (Wildman–Crippen LogP) is 2.37. The highest BCUT2D eigenvalue weighted by Crippen LogP contribution is 2.32. The van der Waals surface area contributed by atoms with Crippen LogP contribution >= 0.6 is 0 Å². The van der Waals surface area contributed by atoms with E-state index < -0.39 is 0 Å². The summed E-state index contributed by atoms with van der Waals surface area (Å²) in [4.78, 5) is 36.9. The van der Waals surface area contributed by atoms with E-state index >= 15 is 0 Å². The smallest absolute Gasteiger partial charge is 0.236 e. The van der Waals surface area contributed by atoms with Gasteiger partial charge in [-0.2, -0.15) is 0 Å². The molecule has 0 bridgehead atoms. The Balaban J connectivity index is 1.86. The summed E-state index contributed by atoms with van der Waals surface area (Å²) < 4.78 is 0. The molecule has 0 saturated carbocycles. The zero-order valence-electron chi connectivity index (χ0n) is 16.7. The lowest BCUT2D eigenvalue weighted by atomic mass is 9.91. The van der Waals surface area contributed by atoms with E-state index in [1.807, 2.05) is 48.2 Å². The molecule has 7 heteroatoms. The molecule has 0 spiro atoms. The van der Waals surface area contributed by atoms with Gasteiger partial charge in [-0.3, -0.25) is 19.6 Å². The largest absolute Gasteiger partial charge is 0.341 e. The summed E-state index contributed by atoms with van der Waals surface area (Å²) in [5.74, 6) is 0.180. The lowest BCUT2D eigenvalue weighted by Gasteiger charge is -2.33. The molecule has 1 aromatic carbocycles. The average molecular weight is 381 g/mol. The van der Waals surface area contributed by atoms with Crippen LogP contribution in [0, 0.1) is 0 Å². The van der Waals surface area contributed by atoms with Crippen LogP contribution in [-0.4, -0.2) is 65.3 Å². The molecule has 2 amide bonds. The maximum Gasteiger partial charge on any atom is 0.236 e. The minimum Gasteiger partial charge on any atom is -0.341 e. The number of anilines is 1. The van der Waals surface area contributed by atoms with E-state index in [-0.39, 0.29) is 17.7 Å². The molecular formula is C21H27N5O2. The number of carbonyl (C=O) groups is 2. The van der Waals surface area contributed by atoms with E-state index in [4.69, 9.17) is 0 Å². The fourth-order valence-corrected chi connectivity index (χ4v) is 3.61. The third-order valence-corrected chi connectivity index (χ3v) is 4.80. The van der Waals surface area contributed by atoms with Crippen molar-refractivity contribution in [2.24, 2.45) is 0 Å². The van der Waals surface area contributed by atoms with E-state index in [0.29, 0.717) is 13.1 Å². The highest BCUT2D eigenvalue weighted by Gasteiger charge is 2.28. The third-order valence-electron chi connectivity index (χ3n) is 4.80. The molecule has 2 aromatic rings. The fraction of sp³-hybridized carbons (Fsp3) is 0.429. The molecule has 1 aliphatic rings. The molecular weight excluding hydrogens is 354 g/mol. The Kier molecular flexibility index (Phi) is 6.36. The fourth-order valence-electron chi connectivity index (χ4n) is 3.61. The number of rotatable bonds is 5. The molecule has 1 saturated heterocycles. The maximum atomic E-state index is 12.5. The van der Waals surface area contributed by atoms with Gasteiger partial charge in [0.1, 0.15) is 0 Å². The van der Waals surface area contributed by atoms with Crippen LogP contribution < -0.4 is 5.32 Å². The topological polar surface area (TPSA) is 78.4 Å². The summed E-state index contributed by atoms with van der Waals surface area (Å²) in [7, 11) is 3.81. The number of hydrogen-bond donors (Lipinski definition) is 1. The van der Waals surface area contributed by atoms with E-state index in [2.05, 4.69) is 15.3 Å². The number of carbonyl (C=O) groups excluding carboxylic acids is 2. The molecule has 2 heterocycles. The zero-order chi connectivity index (χ0) is 20.1. The van der Waals surface area contributed by atoms with Crippen molar-refractivity contribution in [1.82, 2.24) is 19.8 Å². The Hall–Kier alpha value is -2.80. The lowest BCUT2D eigenvalue weighted by molar-refractivity contribution is -0.133. The summed E-state index contributed by atoms with van der Waals surface area (Å²) >= 11 is 0. The van der Waals surface area contributed by atoms with Crippen LogP contribution in [0.2, 0.25) is 0 Å². The maximum absolute atomic E-state index is 12.5. The molecule has 0 radical (unpaired) electrons. The van der Waals surface area contributed by atoms with Crippen LogP contribution in [0.15, 0.2) is 36.7 Å². The summed E-state index contributed by atoms with van der Waals surface area (Å²) in [5, 5.41) is 2.81. The van der Waals surface area contributed by atoms with Crippen LogP contribution in [0.25, 0.3) is 11.3 Å². The van der Waals surface area contributed by atoms with Crippen molar-refractivity contribution in [2.75, 3.05) is 39.0 Å². The first-order chi connectivity index (χ1) is 13.4. The van der Waals surface area contributed by atoms with Gasteiger partial charge in [-0.05, 0) is 39.1 Å². The minimum absolute atomic E-state index is 0.112. The monoisotopic (exact) mass is 381 g/mol. The van der Waals surface area contributed by atoms with E-state index in [1.165, 1.54) is 6.92 Å². The normalized spacial score (nSPS) is 16.9. The number of hydrogen-bond acceptors (Lipinski definition) is 5. The van der Waals surface area contributed by atoms with Crippen molar-refractivity contribution < 1.29 is 9.59 Å². The van der Waals surface area contributed by atoms with Crippen LogP contribution in [0.5, 0.6) is 0 Å². The van der Waals surface area contributed by atoms with Crippen molar-refractivity contribution in [1.29, 1.82) is 0 Å². The summed E-state index contributed by atoms with van der Waals surface area (Å²) in [6, 6.07) is 7.62. The van der Waals surface area contributed by atoms with Gasteiger partial charge in [-0.15, -0.1) is 0 Å². The quantitative estimate of drug-likeness (QED) is 0.860. The first-order valence-corrected chi connectivity index (χ1v) is 9.55. The number of benzene rings is 1. The second-order valence-electron chi connectivity index (χ2n) is 7.47. The second kappa shape index (κ2) is 8.93. The van der Waals surface area contributed by atoms with Crippen LogP contribution in [0.1, 0.15) is 31.4 Å². The molecule has 1 aliphatic heterocycles. The second-order valence-corrected chi connectivity index (χ2v) is 7.47. The van der Waals surface area contributed by atoms with E-state index in [1.54, 1.807) is 12.4 Å².